The number of nitrogens with zero attached hydrogens (tertiary/aromatic N) is 2. The van der Waals surface area contributed by atoms with Gasteiger partial charge in [0, 0.05) is 13.1 Å². The second kappa shape index (κ2) is 6.67. The number of hydrogen-bond donors (Lipinski definition) is 2. The standard InChI is InChI=1S/C15H20N4OS/c1-5-6-16-13-11-10(4)12(14(20)17-7-9(2)3)21-15(11)19-8-18-13/h5,8-9H,1,6-7H2,2-4H3,(H,17,20)(H,16,18,19). The van der Waals surface area contributed by atoms with E-state index in [2.05, 4.69) is 41.0 Å². The maximum atomic E-state index is 12.3. The molecule has 0 radical (unpaired) electrons. The van der Waals surface area contributed by atoms with Crippen LogP contribution in [-0.4, -0.2) is 29.0 Å². The van der Waals surface area contributed by atoms with Crippen molar-refractivity contribution >= 4 is 33.3 Å². The second-order valence-electron chi connectivity index (χ2n) is 5.23. The van der Waals surface area contributed by atoms with Gasteiger partial charge in [-0.25, -0.2) is 9.97 Å². The molecular formula is C15H20N4OS. The van der Waals surface area contributed by atoms with Crippen LogP contribution >= 0.6 is 11.3 Å². The van der Waals surface area contributed by atoms with Gasteiger partial charge in [0.15, 0.2) is 0 Å². The van der Waals surface area contributed by atoms with Crippen molar-refractivity contribution in [2.45, 2.75) is 20.8 Å². The highest BCUT2D eigenvalue weighted by Gasteiger charge is 2.19. The molecule has 2 rings (SSSR count). The third-order valence-electron chi connectivity index (χ3n) is 3.02. The Bertz CT molecular complexity index is 663. The molecule has 21 heavy (non-hydrogen) atoms. The third-order valence-corrected chi connectivity index (χ3v) is 4.22. The van der Waals surface area contributed by atoms with Gasteiger partial charge in [0.1, 0.15) is 17.0 Å². The highest BCUT2D eigenvalue weighted by molar-refractivity contribution is 7.20. The molecule has 0 bridgehead atoms. The van der Waals surface area contributed by atoms with Gasteiger partial charge in [-0.15, -0.1) is 17.9 Å². The molecule has 0 aromatic carbocycles. The Morgan fingerprint density at radius 2 is 2.24 bits per heavy atom. The lowest BCUT2D eigenvalue weighted by molar-refractivity contribution is 0.0952. The zero-order valence-corrected chi connectivity index (χ0v) is 13.4. The number of carbonyl (C=O) groups is 1. The van der Waals surface area contributed by atoms with Gasteiger partial charge in [-0.3, -0.25) is 4.79 Å². The van der Waals surface area contributed by atoms with Crippen molar-refractivity contribution in [1.29, 1.82) is 0 Å². The van der Waals surface area contributed by atoms with E-state index >= 15 is 0 Å². The number of aryl methyl sites for hydroxylation is 1. The van der Waals surface area contributed by atoms with Crippen molar-refractivity contribution in [2.75, 3.05) is 18.4 Å². The van der Waals surface area contributed by atoms with Crippen LogP contribution in [0.4, 0.5) is 5.82 Å². The van der Waals surface area contributed by atoms with E-state index < -0.39 is 0 Å². The summed E-state index contributed by atoms with van der Waals surface area (Å²) in [6, 6.07) is 0. The molecule has 2 aromatic rings. The Morgan fingerprint density at radius 1 is 1.48 bits per heavy atom. The van der Waals surface area contributed by atoms with E-state index in [-0.39, 0.29) is 5.91 Å². The Labute approximate surface area is 128 Å². The van der Waals surface area contributed by atoms with Crippen molar-refractivity contribution in [3.05, 3.63) is 29.4 Å². The van der Waals surface area contributed by atoms with Crippen LogP contribution in [0.3, 0.4) is 0 Å². The molecule has 2 N–H and O–H groups in total. The van der Waals surface area contributed by atoms with Crippen LogP contribution in [0.25, 0.3) is 10.2 Å². The molecule has 0 aliphatic rings. The molecule has 0 fully saturated rings. The lowest BCUT2D eigenvalue weighted by atomic mass is 10.2. The van der Waals surface area contributed by atoms with E-state index in [4.69, 9.17) is 0 Å². The van der Waals surface area contributed by atoms with Gasteiger partial charge in [0.2, 0.25) is 0 Å². The minimum Gasteiger partial charge on any atom is -0.366 e. The Morgan fingerprint density at radius 3 is 2.90 bits per heavy atom. The van der Waals surface area contributed by atoms with Crippen LogP contribution in [0.5, 0.6) is 0 Å². The molecule has 0 saturated carbocycles. The number of rotatable bonds is 6. The molecule has 112 valence electrons. The highest BCUT2D eigenvalue weighted by Crippen LogP contribution is 2.33. The number of hydrogen-bond acceptors (Lipinski definition) is 5. The first kappa shape index (κ1) is 15.4. The fourth-order valence-electron chi connectivity index (χ4n) is 1.97. The fourth-order valence-corrected chi connectivity index (χ4v) is 3.03. The predicted octanol–water partition coefficient (Wildman–Crippen LogP) is 2.98. The van der Waals surface area contributed by atoms with Crippen LogP contribution in [0.2, 0.25) is 0 Å². The van der Waals surface area contributed by atoms with Gasteiger partial charge >= 0.3 is 0 Å². The quantitative estimate of drug-likeness (QED) is 0.805. The van der Waals surface area contributed by atoms with Crippen LogP contribution in [0.1, 0.15) is 29.1 Å². The summed E-state index contributed by atoms with van der Waals surface area (Å²) in [5, 5.41) is 7.05. The molecule has 6 heteroatoms. The van der Waals surface area contributed by atoms with Crippen molar-refractivity contribution in [1.82, 2.24) is 15.3 Å². The fraction of sp³-hybridized carbons (Fsp3) is 0.400. The summed E-state index contributed by atoms with van der Waals surface area (Å²) in [6.45, 7) is 11.0. The lowest BCUT2D eigenvalue weighted by Gasteiger charge is -2.07. The average molecular weight is 304 g/mol. The van der Waals surface area contributed by atoms with E-state index in [1.54, 1.807) is 6.08 Å². The number of fused-ring (bicyclic) bond motifs is 1. The smallest absolute Gasteiger partial charge is 0.261 e. The van der Waals surface area contributed by atoms with Crippen LogP contribution in [-0.2, 0) is 0 Å². The van der Waals surface area contributed by atoms with Gasteiger partial charge in [0.05, 0.1) is 10.3 Å². The SMILES string of the molecule is C=CCNc1ncnc2sc(C(=O)NCC(C)C)c(C)c12. The summed E-state index contributed by atoms with van der Waals surface area (Å²) in [7, 11) is 0. The van der Waals surface area contributed by atoms with Crippen molar-refractivity contribution < 1.29 is 4.79 Å². The molecule has 2 aromatic heterocycles. The number of thiophene rings is 1. The number of aromatic nitrogens is 2. The maximum absolute atomic E-state index is 12.3. The van der Waals surface area contributed by atoms with Gasteiger partial charge in [-0.1, -0.05) is 19.9 Å². The van der Waals surface area contributed by atoms with Gasteiger partial charge < -0.3 is 10.6 Å². The molecule has 0 saturated heterocycles. The van der Waals surface area contributed by atoms with Crippen LogP contribution in [0.15, 0.2) is 19.0 Å². The molecule has 0 aliphatic carbocycles. The lowest BCUT2D eigenvalue weighted by Crippen LogP contribution is -2.27. The van der Waals surface area contributed by atoms with Crippen molar-refractivity contribution in [3.63, 3.8) is 0 Å². The number of amides is 1. The monoisotopic (exact) mass is 304 g/mol. The topological polar surface area (TPSA) is 66.9 Å². The van der Waals surface area contributed by atoms with Gasteiger partial charge in [-0.05, 0) is 18.4 Å². The minimum atomic E-state index is -0.0427. The number of nitrogens with one attached hydrogen (secondary N) is 2. The van der Waals surface area contributed by atoms with Gasteiger partial charge in [-0.2, -0.15) is 0 Å². The highest BCUT2D eigenvalue weighted by atomic mass is 32.1. The van der Waals surface area contributed by atoms with E-state index in [9.17, 15) is 4.79 Å². The second-order valence-corrected chi connectivity index (χ2v) is 6.23. The van der Waals surface area contributed by atoms with Crippen LogP contribution in [0, 0.1) is 12.8 Å². The normalized spacial score (nSPS) is 10.9. The van der Waals surface area contributed by atoms with E-state index in [0.717, 1.165) is 21.6 Å². The first-order chi connectivity index (χ1) is 10.0. The Balaban J connectivity index is 2.36. The molecule has 1 amide bonds. The first-order valence-corrected chi connectivity index (χ1v) is 7.73. The summed E-state index contributed by atoms with van der Waals surface area (Å²) >= 11 is 1.40. The van der Waals surface area contributed by atoms with Crippen molar-refractivity contribution in [2.24, 2.45) is 5.92 Å². The van der Waals surface area contributed by atoms with E-state index in [0.29, 0.717) is 23.9 Å². The maximum Gasteiger partial charge on any atom is 0.261 e. The average Bonchev–Trinajstić information content (AvgIpc) is 2.80. The Hall–Kier alpha value is -1.95. The molecule has 0 spiro atoms. The van der Waals surface area contributed by atoms with E-state index in [1.165, 1.54) is 17.7 Å². The zero-order valence-electron chi connectivity index (χ0n) is 12.6. The third kappa shape index (κ3) is 3.39. The molecular weight excluding hydrogens is 284 g/mol. The molecule has 0 atom stereocenters. The molecule has 5 nitrogen and oxygen atoms in total. The predicted molar refractivity (Wildman–Crippen MR) is 88.0 cm³/mol. The molecule has 2 heterocycles. The summed E-state index contributed by atoms with van der Waals surface area (Å²) in [4.78, 5) is 22.3. The summed E-state index contributed by atoms with van der Waals surface area (Å²) < 4.78 is 0. The summed E-state index contributed by atoms with van der Waals surface area (Å²) in [5.41, 5.74) is 0.920. The minimum absolute atomic E-state index is 0.0427. The summed E-state index contributed by atoms with van der Waals surface area (Å²) in [5.74, 6) is 1.13. The number of anilines is 1. The van der Waals surface area contributed by atoms with Crippen molar-refractivity contribution in [3.8, 4) is 0 Å². The molecule has 0 aliphatic heterocycles. The Kier molecular flexibility index (Phi) is 4.90. The van der Waals surface area contributed by atoms with Crippen LogP contribution < -0.4 is 10.6 Å². The van der Waals surface area contributed by atoms with Gasteiger partial charge in [0.25, 0.3) is 5.91 Å². The largest absolute Gasteiger partial charge is 0.366 e. The zero-order chi connectivity index (χ0) is 15.4. The van der Waals surface area contributed by atoms with E-state index in [1.807, 2.05) is 6.92 Å². The first-order valence-electron chi connectivity index (χ1n) is 6.91. The summed E-state index contributed by atoms with van der Waals surface area (Å²) in [6.07, 6.45) is 3.28. The number of carbonyl (C=O) groups excluding carboxylic acids is 1. The molecule has 0 unspecified atom stereocenters.